The van der Waals surface area contributed by atoms with Crippen LogP contribution in [0.25, 0.3) is 0 Å². The van der Waals surface area contributed by atoms with E-state index < -0.39 is 11.7 Å². The van der Waals surface area contributed by atoms with Gasteiger partial charge in [0.2, 0.25) is 5.95 Å². The Morgan fingerprint density at radius 2 is 2.28 bits per heavy atom. The summed E-state index contributed by atoms with van der Waals surface area (Å²) in [5.74, 6) is 5.66. The van der Waals surface area contributed by atoms with Gasteiger partial charge in [0.25, 0.3) is 0 Å². The lowest BCUT2D eigenvalue weighted by molar-refractivity contribution is 0.0535. The first-order chi connectivity index (χ1) is 8.37. The molecule has 18 heavy (non-hydrogen) atoms. The molecule has 0 saturated heterocycles. The van der Waals surface area contributed by atoms with Crippen molar-refractivity contribution in [1.82, 2.24) is 15.3 Å². The molecule has 1 aromatic rings. The van der Waals surface area contributed by atoms with Crippen molar-refractivity contribution in [1.29, 1.82) is 0 Å². The lowest BCUT2D eigenvalue weighted by Gasteiger charge is -2.18. The molecule has 1 aromatic heterocycles. The SMILES string of the molecule is CC(C)(C)OC(=O)NCC#Cc1ccnc(N)n1. The smallest absolute Gasteiger partial charge is 0.408 e. The average molecular weight is 248 g/mol. The average Bonchev–Trinajstić information content (AvgIpc) is 2.22. The van der Waals surface area contributed by atoms with Crippen molar-refractivity contribution in [2.75, 3.05) is 12.3 Å². The second kappa shape index (κ2) is 5.87. The highest BCUT2D eigenvalue weighted by Crippen LogP contribution is 2.05. The third kappa shape index (κ3) is 5.70. The van der Waals surface area contributed by atoms with Crippen LogP contribution in [0.3, 0.4) is 0 Å². The van der Waals surface area contributed by atoms with E-state index in [4.69, 9.17) is 10.5 Å². The highest BCUT2D eigenvalue weighted by Gasteiger charge is 2.14. The Morgan fingerprint density at radius 3 is 2.89 bits per heavy atom. The molecule has 6 heteroatoms. The topological polar surface area (TPSA) is 90.1 Å². The molecule has 1 amide bonds. The molecule has 0 unspecified atom stereocenters. The first-order valence-electron chi connectivity index (χ1n) is 5.41. The van der Waals surface area contributed by atoms with E-state index >= 15 is 0 Å². The van der Waals surface area contributed by atoms with Crippen LogP contribution in [0.4, 0.5) is 10.7 Å². The van der Waals surface area contributed by atoms with E-state index in [1.807, 2.05) is 0 Å². The molecule has 96 valence electrons. The zero-order chi connectivity index (χ0) is 13.6. The molecular weight excluding hydrogens is 232 g/mol. The van der Waals surface area contributed by atoms with Gasteiger partial charge in [-0.2, -0.15) is 0 Å². The number of anilines is 1. The largest absolute Gasteiger partial charge is 0.444 e. The van der Waals surface area contributed by atoms with E-state index in [1.54, 1.807) is 26.8 Å². The second-order valence-corrected chi connectivity index (χ2v) is 4.46. The second-order valence-electron chi connectivity index (χ2n) is 4.46. The summed E-state index contributed by atoms with van der Waals surface area (Å²) in [7, 11) is 0. The minimum atomic E-state index is -0.515. The molecule has 0 aliphatic rings. The number of nitrogen functional groups attached to an aromatic ring is 1. The van der Waals surface area contributed by atoms with Crippen LogP contribution in [0.5, 0.6) is 0 Å². The van der Waals surface area contributed by atoms with Crippen LogP contribution in [0, 0.1) is 11.8 Å². The molecule has 0 fully saturated rings. The highest BCUT2D eigenvalue weighted by molar-refractivity contribution is 5.68. The van der Waals surface area contributed by atoms with Gasteiger partial charge in [-0.25, -0.2) is 14.8 Å². The summed E-state index contributed by atoms with van der Waals surface area (Å²) >= 11 is 0. The minimum Gasteiger partial charge on any atom is -0.444 e. The molecule has 0 atom stereocenters. The Kier molecular flexibility index (Phi) is 4.49. The van der Waals surface area contributed by atoms with Crippen molar-refractivity contribution >= 4 is 12.0 Å². The molecule has 0 spiro atoms. The Balaban J connectivity index is 2.41. The van der Waals surface area contributed by atoms with Gasteiger partial charge in [-0.05, 0) is 32.8 Å². The number of hydrogen-bond acceptors (Lipinski definition) is 5. The molecule has 3 N–H and O–H groups in total. The Labute approximate surface area is 106 Å². The van der Waals surface area contributed by atoms with Gasteiger partial charge in [-0.3, -0.25) is 0 Å². The lowest BCUT2D eigenvalue weighted by atomic mass is 10.2. The van der Waals surface area contributed by atoms with Crippen LogP contribution in [-0.4, -0.2) is 28.2 Å². The van der Waals surface area contributed by atoms with E-state index in [-0.39, 0.29) is 12.5 Å². The Morgan fingerprint density at radius 1 is 1.56 bits per heavy atom. The molecular formula is C12H16N4O2. The number of aromatic nitrogens is 2. The molecule has 6 nitrogen and oxygen atoms in total. The number of amides is 1. The fourth-order valence-corrected chi connectivity index (χ4v) is 1.01. The first kappa shape index (κ1) is 13.8. The van der Waals surface area contributed by atoms with Crippen LogP contribution in [0.1, 0.15) is 26.5 Å². The number of nitrogens with zero attached hydrogens (tertiary/aromatic N) is 2. The van der Waals surface area contributed by atoms with E-state index in [9.17, 15) is 4.79 Å². The molecule has 0 radical (unpaired) electrons. The third-order valence-electron chi connectivity index (χ3n) is 1.61. The first-order valence-corrected chi connectivity index (χ1v) is 5.41. The number of alkyl carbamates (subject to hydrolysis) is 1. The number of nitrogens with two attached hydrogens (primary N) is 1. The van der Waals surface area contributed by atoms with Gasteiger partial charge in [-0.1, -0.05) is 5.92 Å². The fraction of sp³-hybridized carbons (Fsp3) is 0.417. The predicted molar refractivity (Wildman–Crippen MR) is 67.6 cm³/mol. The van der Waals surface area contributed by atoms with Gasteiger partial charge < -0.3 is 15.8 Å². The maximum absolute atomic E-state index is 11.3. The van der Waals surface area contributed by atoms with E-state index in [2.05, 4.69) is 27.1 Å². The van der Waals surface area contributed by atoms with Crippen molar-refractivity contribution < 1.29 is 9.53 Å². The molecule has 0 bridgehead atoms. The molecule has 1 heterocycles. The Bertz CT molecular complexity index is 483. The van der Waals surface area contributed by atoms with Crippen LogP contribution < -0.4 is 11.1 Å². The fourth-order valence-electron chi connectivity index (χ4n) is 1.01. The summed E-state index contributed by atoms with van der Waals surface area (Å²) in [6.07, 6.45) is 1.02. The van der Waals surface area contributed by atoms with E-state index in [1.165, 1.54) is 6.20 Å². The number of carbonyl (C=O) groups is 1. The lowest BCUT2D eigenvalue weighted by Crippen LogP contribution is -2.32. The zero-order valence-electron chi connectivity index (χ0n) is 10.7. The van der Waals surface area contributed by atoms with Gasteiger partial charge in [0.1, 0.15) is 11.3 Å². The maximum atomic E-state index is 11.3. The van der Waals surface area contributed by atoms with Crippen molar-refractivity contribution in [3.8, 4) is 11.8 Å². The summed E-state index contributed by atoms with van der Waals surface area (Å²) in [5.41, 5.74) is 5.39. The summed E-state index contributed by atoms with van der Waals surface area (Å²) < 4.78 is 5.05. The standard InChI is InChI=1S/C12H16N4O2/c1-12(2,3)18-11(17)15-7-4-5-9-6-8-14-10(13)16-9/h6,8H,7H2,1-3H3,(H,15,17)(H2,13,14,16). The van der Waals surface area contributed by atoms with Crippen molar-refractivity contribution in [3.63, 3.8) is 0 Å². The number of ether oxygens (including phenoxy) is 1. The monoisotopic (exact) mass is 248 g/mol. The van der Waals surface area contributed by atoms with E-state index in [0.29, 0.717) is 5.69 Å². The molecule has 0 aliphatic heterocycles. The quantitative estimate of drug-likeness (QED) is 0.722. The summed E-state index contributed by atoms with van der Waals surface area (Å²) in [5, 5.41) is 2.51. The minimum absolute atomic E-state index is 0.168. The molecule has 0 aliphatic carbocycles. The number of hydrogen-bond donors (Lipinski definition) is 2. The summed E-state index contributed by atoms with van der Waals surface area (Å²) in [4.78, 5) is 18.9. The molecule has 0 aromatic carbocycles. The van der Waals surface area contributed by atoms with Crippen LogP contribution in [-0.2, 0) is 4.74 Å². The van der Waals surface area contributed by atoms with Gasteiger partial charge in [0, 0.05) is 6.20 Å². The van der Waals surface area contributed by atoms with Crippen molar-refractivity contribution in [2.24, 2.45) is 0 Å². The van der Waals surface area contributed by atoms with Gasteiger partial charge in [0.15, 0.2) is 0 Å². The zero-order valence-corrected chi connectivity index (χ0v) is 10.7. The normalized spacial score (nSPS) is 10.2. The molecule has 1 rings (SSSR count). The maximum Gasteiger partial charge on any atom is 0.408 e. The summed E-state index contributed by atoms with van der Waals surface area (Å²) in [6, 6.07) is 1.64. The van der Waals surface area contributed by atoms with Crippen LogP contribution in [0.2, 0.25) is 0 Å². The van der Waals surface area contributed by atoms with Gasteiger partial charge in [0.05, 0.1) is 6.54 Å². The van der Waals surface area contributed by atoms with Gasteiger partial charge in [-0.15, -0.1) is 0 Å². The van der Waals surface area contributed by atoms with Crippen molar-refractivity contribution in [3.05, 3.63) is 18.0 Å². The van der Waals surface area contributed by atoms with Gasteiger partial charge >= 0.3 is 6.09 Å². The molecule has 0 saturated carbocycles. The highest BCUT2D eigenvalue weighted by atomic mass is 16.6. The predicted octanol–water partition coefficient (Wildman–Crippen LogP) is 0.935. The van der Waals surface area contributed by atoms with E-state index in [0.717, 1.165) is 0 Å². The van der Waals surface area contributed by atoms with Crippen LogP contribution >= 0.6 is 0 Å². The number of rotatable bonds is 1. The summed E-state index contributed by atoms with van der Waals surface area (Å²) in [6.45, 7) is 5.56. The Hall–Kier alpha value is -2.29. The third-order valence-corrected chi connectivity index (χ3v) is 1.61. The van der Waals surface area contributed by atoms with Crippen LogP contribution in [0.15, 0.2) is 12.3 Å². The van der Waals surface area contributed by atoms with Crippen molar-refractivity contribution in [2.45, 2.75) is 26.4 Å². The number of nitrogens with one attached hydrogen (secondary N) is 1. The number of carbonyl (C=O) groups excluding carboxylic acids is 1.